The maximum absolute atomic E-state index is 14.9. The predicted molar refractivity (Wildman–Crippen MR) is 154 cm³/mol. The van der Waals surface area contributed by atoms with Gasteiger partial charge < -0.3 is 44.3 Å². The number of carbonyl (C=O) groups excluding carboxylic acids is 1. The normalized spacial score (nSPS) is 32.3. The lowest BCUT2D eigenvalue weighted by molar-refractivity contribution is -0.155. The highest BCUT2D eigenvalue weighted by molar-refractivity contribution is 6.30. The van der Waals surface area contributed by atoms with Gasteiger partial charge >= 0.3 is 0 Å². The fraction of sp³-hybridized carbons (Fsp3) is 0.452. The molecule has 238 valence electrons. The van der Waals surface area contributed by atoms with Crippen molar-refractivity contribution >= 4 is 23.6 Å². The summed E-state index contributed by atoms with van der Waals surface area (Å²) in [5.41, 5.74) is 1.17. The molecular weight excluding hydrogens is 604 g/mol. The first-order valence-corrected chi connectivity index (χ1v) is 14.5. The number of alkyl halides is 1. The van der Waals surface area contributed by atoms with E-state index in [-0.39, 0.29) is 31.1 Å². The summed E-state index contributed by atoms with van der Waals surface area (Å²) >= 11 is 5.96. The summed E-state index contributed by atoms with van der Waals surface area (Å²) in [4.78, 5) is 12.8. The molecule has 2 aromatic carbocycles. The van der Waals surface area contributed by atoms with Gasteiger partial charge in [-0.2, -0.15) is 0 Å². The van der Waals surface area contributed by atoms with E-state index in [1.807, 2.05) is 0 Å². The second-order valence-electron chi connectivity index (χ2n) is 10.9. The minimum Gasteiger partial charge on any atom is -0.489 e. The molecule has 0 bridgehead atoms. The Bertz CT molecular complexity index is 1410. The topological polar surface area (TPSA) is 136 Å². The minimum absolute atomic E-state index is 0.0306. The van der Waals surface area contributed by atoms with Gasteiger partial charge in [0.15, 0.2) is 17.7 Å². The standard InChI is InChI=1S/C31H34ClF2NO9/c1-15(8-9-40-19-5-3-4-18(32)12-19)23-13-21(34)31(44-23)43-22-7-6-17(11-20(22)33)10-16(2)30(39)35-24-25(36)27(38)29-28(26(24)37)41-14-42-29/h3-8,10-12,21,23-29,31,36-38H,9,13-14H2,1-2H3,(H,35,39)/t21-,23+,24-,25+,26-,27-,28+,29-,31-/m1/s1. The summed E-state index contributed by atoms with van der Waals surface area (Å²) in [5.74, 6) is -1.08. The van der Waals surface area contributed by atoms with E-state index in [9.17, 15) is 28.9 Å². The van der Waals surface area contributed by atoms with Crippen molar-refractivity contribution in [1.82, 2.24) is 5.32 Å². The average Bonchev–Trinajstić information content (AvgIpc) is 3.63. The number of aliphatic hydroxyl groups is 3. The summed E-state index contributed by atoms with van der Waals surface area (Å²) in [5, 5.41) is 34.3. The zero-order chi connectivity index (χ0) is 31.5. The van der Waals surface area contributed by atoms with Gasteiger partial charge in [0.2, 0.25) is 12.2 Å². The Morgan fingerprint density at radius 1 is 1.09 bits per heavy atom. The van der Waals surface area contributed by atoms with Crippen molar-refractivity contribution in [2.75, 3.05) is 13.4 Å². The van der Waals surface area contributed by atoms with Gasteiger partial charge in [0.05, 0.1) is 12.1 Å². The fourth-order valence-electron chi connectivity index (χ4n) is 5.33. The van der Waals surface area contributed by atoms with Crippen molar-refractivity contribution in [1.29, 1.82) is 0 Å². The van der Waals surface area contributed by atoms with Gasteiger partial charge in [0, 0.05) is 17.0 Å². The molecule has 1 aliphatic carbocycles. The van der Waals surface area contributed by atoms with Crippen molar-refractivity contribution in [3.63, 3.8) is 0 Å². The predicted octanol–water partition coefficient (Wildman–Crippen LogP) is 3.06. The fourth-order valence-corrected chi connectivity index (χ4v) is 5.52. The molecule has 10 nitrogen and oxygen atoms in total. The number of benzene rings is 2. The Balaban J connectivity index is 1.16. The number of ether oxygens (including phenoxy) is 5. The van der Waals surface area contributed by atoms with Crippen LogP contribution in [0.15, 0.2) is 59.7 Å². The molecule has 13 heteroatoms. The number of amides is 1. The van der Waals surface area contributed by atoms with Crippen LogP contribution in [0.25, 0.3) is 6.08 Å². The number of fused-ring (bicyclic) bond motifs is 1. The third-order valence-electron chi connectivity index (χ3n) is 7.83. The quantitative estimate of drug-likeness (QED) is 0.242. The van der Waals surface area contributed by atoms with Crippen LogP contribution in [-0.4, -0.2) is 89.8 Å². The number of rotatable bonds is 9. The molecule has 2 aromatic rings. The first-order valence-electron chi connectivity index (χ1n) is 14.1. The largest absolute Gasteiger partial charge is 0.489 e. The highest BCUT2D eigenvalue weighted by Gasteiger charge is 2.53. The SMILES string of the molecule is CC(=Cc1ccc(O[C@@H]2O[C@H](C(C)=CCOc3cccc(Cl)c3)C[C@H]2F)c(F)c1)C(=O)N[C@@H]1[C@H](O)[C@@H](O)[C@H]2OCO[C@H]2[C@@H]1O. The number of halogens is 3. The third kappa shape index (κ3) is 7.23. The van der Waals surface area contributed by atoms with E-state index < -0.39 is 66.9 Å². The second-order valence-corrected chi connectivity index (χ2v) is 11.4. The van der Waals surface area contributed by atoms with E-state index >= 15 is 0 Å². The van der Waals surface area contributed by atoms with Gasteiger partial charge in [0.25, 0.3) is 0 Å². The van der Waals surface area contributed by atoms with Gasteiger partial charge in [-0.3, -0.25) is 4.79 Å². The molecule has 1 amide bonds. The van der Waals surface area contributed by atoms with E-state index in [1.165, 1.54) is 25.1 Å². The van der Waals surface area contributed by atoms with Gasteiger partial charge in [-0.25, -0.2) is 8.78 Å². The first kappa shape index (κ1) is 32.3. The van der Waals surface area contributed by atoms with Crippen LogP contribution in [0.2, 0.25) is 5.02 Å². The van der Waals surface area contributed by atoms with Gasteiger partial charge in [-0.1, -0.05) is 23.7 Å². The van der Waals surface area contributed by atoms with E-state index in [4.69, 9.17) is 35.3 Å². The number of carbonyl (C=O) groups is 1. The maximum Gasteiger partial charge on any atom is 0.247 e. The van der Waals surface area contributed by atoms with E-state index in [1.54, 1.807) is 37.3 Å². The van der Waals surface area contributed by atoms with Crippen LogP contribution in [0.4, 0.5) is 8.78 Å². The maximum atomic E-state index is 14.9. The summed E-state index contributed by atoms with van der Waals surface area (Å²) < 4.78 is 57.1. The van der Waals surface area contributed by atoms with Gasteiger partial charge in [-0.05, 0) is 67.5 Å². The number of hydrogen-bond donors (Lipinski definition) is 4. The van der Waals surface area contributed by atoms with Crippen LogP contribution in [0.3, 0.4) is 0 Å². The van der Waals surface area contributed by atoms with Crippen LogP contribution >= 0.6 is 11.6 Å². The molecule has 2 aliphatic heterocycles. The molecule has 5 rings (SSSR count). The summed E-state index contributed by atoms with van der Waals surface area (Å²) in [6, 6.07) is 9.63. The molecule has 3 fully saturated rings. The molecule has 9 atom stereocenters. The third-order valence-corrected chi connectivity index (χ3v) is 8.07. The first-order chi connectivity index (χ1) is 21.0. The van der Waals surface area contributed by atoms with Gasteiger partial charge in [0.1, 0.15) is 49.7 Å². The summed E-state index contributed by atoms with van der Waals surface area (Å²) in [7, 11) is 0. The second kappa shape index (κ2) is 13.9. The van der Waals surface area contributed by atoms with E-state index in [0.717, 1.165) is 11.6 Å². The van der Waals surface area contributed by atoms with Crippen molar-refractivity contribution in [3.05, 3.63) is 76.1 Å². The molecule has 1 saturated carbocycles. The molecule has 0 aromatic heterocycles. The van der Waals surface area contributed by atoms with Crippen LogP contribution in [0, 0.1) is 5.82 Å². The molecule has 0 spiro atoms. The average molecular weight is 638 g/mol. The molecule has 4 N–H and O–H groups in total. The smallest absolute Gasteiger partial charge is 0.247 e. The van der Waals surface area contributed by atoms with Gasteiger partial charge in [-0.15, -0.1) is 0 Å². The Kier molecular flexibility index (Phi) is 10.2. The lowest BCUT2D eigenvalue weighted by atomic mass is 9.83. The van der Waals surface area contributed by atoms with Crippen LogP contribution in [0.1, 0.15) is 25.8 Å². The zero-order valence-corrected chi connectivity index (χ0v) is 24.7. The lowest BCUT2D eigenvalue weighted by Gasteiger charge is -2.41. The molecule has 0 unspecified atom stereocenters. The highest BCUT2D eigenvalue weighted by Crippen LogP contribution is 2.32. The van der Waals surface area contributed by atoms with Crippen LogP contribution < -0.4 is 14.8 Å². The number of hydrogen-bond acceptors (Lipinski definition) is 9. The summed E-state index contributed by atoms with van der Waals surface area (Å²) in [6.07, 6.45) is -6.25. The lowest BCUT2D eigenvalue weighted by Crippen LogP contribution is -2.67. The highest BCUT2D eigenvalue weighted by atomic mass is 35.5. The Labute approximate surface area is 257 Å². The molecule has 2 heterocycles. The van der Waals surface area contributed by atoms with Crippen molar-refractivity contribution < 1.29 is 52.6 Å². The van der Waals surface area contributed by atoms with Crippen molar-refractivity contribution in [2.24, 2.45) is 0 Å². The summed E-state index contributed by atoms with van der Waals surface area (Å²) in [6.45, 7) is 3.32. The van der Waals surface area contributed by atoms with Crippen LogP contribution in [0.5, 0.6) is 11.5 Å². The van der Waals surface area contributed by atoms with E-state index in [0.29, 0.717) is 16.3 Å². The van der Waals surface area contributed by atoms with Crippen molar-refractivity contribution in [3.8, 4) is 11.5 Å². The molecule has 3 aliphatic rings. The molecule has 0 radical (unpaired) electrons. The van der Waals surface area contributed by atoms with Crippen molar-refractivity contribution in [2.45, 2.75) is 75.4 Å². The molecule has 44 heavy (non-hydrogen) atoms. The van der Waals surface area contributed by atoms with E-state index in [2.05, 4.69) is 5.32 Å². The van der Waals surface area contributed by atoms with Crippen LogP contribution in [-0.2, 0) is 19.0 Å². The zero-order valence-electron chi connectivity index (χ0n) is 23.9. The Morgan fingerprint density at radius 2 is 1.84 bits per heavy atom. The minimum atomic E-state index is -1.50. The molecular formula is C31H34ClF2NO9. The Hall–Kier alpha value is -3.10. The molecule has 2 saturated heterocycles. The Morgan fingerprint density at radius 3 is 2.57 bits per heavy atom. The number of nitrogens with one attached hydrogen (secondary N) is 1. The number of aliphatic hydroxyl groups excluding tert-OH is 3. The monoisotopic (exact) mass is 637 g/mol.